The molecule has 0 spiro atoms. The first kappa shape index (κ1) is 21.8. The average Bonchev–Trinajstić information content (AvgIpc) is 2.90. The van der Waals surface area contributed by atoms with E-state index in [0.29, 0.717) is 33.1 Å². The first-order valence-corrected chi connectivity index (χ1v) is 11.7. The Kier molecular flexibility index (Phi) is 7.61. The third-order valence-corrected chi connectivity index (χ3v) is 6.74. The van der Waals surface area contributed by atoms with Crippen LogP contribution in [0, 0.1) is 0 Å². The molecule has 0 atom stereocenters. The Morgan fingerprint density at radius 3 is 2.46 bits per heavy atom. The Labute approximate surface area is 195 Å². The van der Waals surface area contributed by atoms with Crippen molar-refractivity contribution in [3.05, 3.63) is 66.4 Å². The van der Waals surface area contributed by atoms with Gasteiger partial charge in [-0.3, -0.25) is 9.69 Å². The van der Waals surface area contributed by atoms with Crippen LogP contribution in [-0.4, -0.2) is 21.7 Å². The lowest BCUT2D eigenvalue weighted by atomic mass is 10.2. The molecule has 0 bridgehead atoms. The highest BCUT2D eigenvalue weighted by Gasteiger charge is 2.31. The van der Waals surface area contributed by atoms with E-state index in [4.69, 9.17) is 28.6 Å². The molecule has 1 aliphatic heterocycles. The van der Waals surface area contributed by atoms with Gasteiger partial charge < -0.3 is 4.74 Å². The van der Waals surface area contributed by atoms with Gasteiger partial charge in [-0.25, -0.2) is 0 Å². The van der Waals surface area contributed by atoms with Gasteiger partial charge in [0.1, 0.15) is 16.7 Å². The van der Waals surface area contributed by atoms with Gasteiger partial charge >= 0.3 is 0 Å². The third-order valence-electron chi connectivity index (χ3n) is 3.94. The molecule has 1 fully saturated rings. The molecule has 0 saturated carbocycles. The number of nitrogens with zero attached hydrogens (tertiary/aromatic N) is 1. The summed E-state index contributed by atoms with van der Waals surface area (Å²) in [4.78, 5) is 14.8. The highest BCUT2D eigenvalue weighted by atomic mass is 79.9. The van der Waals surface area contributed by atoms with Crippen LogP contribution >= 0.6 is 67.4 Å². The lowest BCUT2D eigenvalue weighted by Crippen LogP contribution is -2.28. The zero-order valence-electron chi connectivity index (χ0n) is 14.9. The van der Waals surface area contributed by atoms with Gasteiger partial charge in [0.25, 0.3) is 5.91 Å². The number of carbonyl (C=O) groups excluding carboxylic acids is 1. The van der Waals surface area contributed by atoms with Crippen molar-refractivity contribution in [2.75, 3.05) is 6.54 Å². The number of carbonyl (C=O) groups is 1. The van der Waals surface area contributed by atoms with Crippen molar-refractivity contribution in [1.29, 1.82) is 0 Å². The average molecular weight is 562 g/mol. The van der Waals surface area contributed by atoms with Crippen LogP contribution in [0.2, 0.25) is 5.02 Å². The summed E-state index contributed by atoms with van der Waals surface area (Å²) in [6.07, 6.45) is 2.73. The minimum Gasteiger partial charge on any atom is -0.487 e. The number of rotatable bonds is 6. The van der Waals surface area contributed by atoms with Crippen LogP contribution in [0.3, 0.4) is 0 Å². The lowest BCUT2D eigenvalue weighted by Gasteiger charge is -2.12. The van der Waals surface area contributed by atoms with Crippen molar-refractivity contribution < 1.29 is 9.53 Å². The fraction of sp³-hybridized carbons (Fsp3) is 0.200. The van der Waals surface area contributed by atoms with E-state index in [0.717, 1.165) is 26.5 Å². The van der Waals surface area contributed by atoms with Gasteiger partial charge in [-0.1, -0.05) is 54.6 Å². The smallest absolute Gasteiger partial charge is 0.266 e. The zero-order valence-corrected chi connectivity index (χ0v) is 20.4. The van der Waals surface area contributed by atoms with E-state index in [1.54, 1.807) is 4.90 Å². The van der Waals surface area contributed by atoms with E-state index >= 15 is 0 Å². The quantitative estimate of drug-likeness (QED) is 0.279. The van der Waals surface area contributed by atoms with E-state index in [1.807, 2.05) is 49.4 Å². The topological polar surface area (TPSA) is 29.5 Å². The molecule has 1 aliphatic rings. The van der Waals surface area contributed by atoms with E-state index < -0.39 is 0 Å². The maximum absolute atomic E-state index is 12.5. The fourth-order valence-corrected chi connectivity index (χ4v) is 5.49. The molecule has 28 heavy (non-hydrogen) atoms. The van der Waals surface area contributed by atoms with Crippen molar-refractivity contribution in [2.24, 2.45) is 0 Å². The SMILES string of the molecule is CCCN1C(=O)/C(=C/c2cc(Br)c(OCc3ccc(Cl)cc3)c(Br)c2)SC1=S. The summed E-state index contributed by atoms with van der Waals surface area (Å²) in [6, 6.07) is 11.4. The Morgan fingerprint density at radius 1 is 1.21 bits per heavy atom. The molecular weight excluding hydrogens is 546 g/mol. The summed E-state index contributed by atoms with van der Waals surface area (Å²) in [6.45, 7) is 3.09. The Morgan fingerprint density at radius 2 is 1.86 bits per heavy atom. The molecule has 2 aromatic carbocycles. The molecule has 1 amide bonds. The van der Waals surface area contributed by atoms with Crippen molar-refractivity contribution in [1.82, 2.24) is 4.90 Å². The third kappa shape index (κ3) is 5.19. The summed E-state index contributed by atoms with van der Waals surface area (Å²) in [7, 11) is 0. The van der Waals surface area contributed by atoms with Crippen molar-refractivity contribution >= 4 is 83.7 Å². The van der Waals surface area contributed by atoms with Gasteiger partial charge in [-0.2, -0.15) is 0 Å². The molecule has 3 nitrogen and oxygen atoms in total. The second-order valence-electron chi connectivity index (χ2n) is 6.06. The molecule has 0 aromatic heterocycles. The first-order valence-electron chi connectivity index (χ1n) is 8.50. The summed E-state index contributed by atoms with van der Waals surface area (Å²) >= 11 is 19.7. The highest BCUT2D eigenvalue weighted by Crippen LogP contribution is 2.38. The molecular formula is C20H16Br2ClNO2S2. The molecule has 1 saturated heterocycles. The first-order chi connectivity index (χ1) is 13.4. The predicted octanol–water partition coefficient (Wildman–Crippen LogP) is 7.06. The lowest BCUT2D eigenvalue weighted by molar-refractivity contribution is -0.122. The maximum Gasteiger partial charge on any atom is 0.266 e. The Balaban J connectivity index is 1.77. The van der Waals surface area contributed by atoms with Crippen LogP contribution in [0.1, 0.15) is 24.5 Å². The van der Waals surface area contributed by atoms with Gasteiger partial charge in [-0.05, 0) is 79.7 Å². The Bertz CT molecular complexity index is 925. The van der Waals surface area contributed by atoms with Crippen LogP contribution in [-0.2, 0) is 11.4 Å². The van der Waals surface area contributed by atoms with Gasteiger partial charge in [0.05, 0.1) is 13.9 Å². The summed E-state index contributed by atoms with van der Waals surface area (Å²) < 4.78 is 8.15. The van der Waals surface area contributed by atoms with Crippen LogP contribution in [0.25, 0.3) is 6.08 Å². The van der Waals surface area contributed by atoms with Crippen molar-refractivity contribution in [3.63, 3.8) is 0 Å². The second kappa shape index (κ2) is 9.76. The zero-order chi connectivity index (χ0) is 20.3. The molecule has 0 aliphatic carbocycles. The number of hydrogen-bond acceptors (Lipinski definition) is 4. The van der Waals surface area contributed by atoms with Crippen LogP contribution in [0.4, 0.5) is 0 Å². The molecule has 2 aromatic rings. The van der Waals surface area contributed by atoms with Crippen molar-refractivity contribution in [2.45, 2.75) is 20.0 Å². The number of hydrogen-bond donors (Lipinski definition) is 0. The van der Waals surface area contributed by atoms with E-state index in [2.05, 4.69) is 31.9 Å². The van der Waals surface area contributed by atoms with Gasteiger partial charge in [0, 0.05) is 11.6 Å². The van der Waals surface area contributed by atoms with E-state index in [-0.39, 0.29) is 5.91 Å². The second-order valence-corrected chi connectivity index (χ2v) is 9.88. The van der Waals surface area contributed by atoms with E-state index in [9.17, 15) is 4.79 Å². The molecule has 0 radical (unpaired) electrons. The molecule has 146 valence electrons. The number of amides is 1. The molecule has 3 rings (SSSR count). The molecule has 0 unspecified atom stereocenters. The summed E-state index contributed by atoms with van der Waals surface area (Å²) in [5.74, 6) is 0.665. The minimum absolute atomic E-state index is 0.0350. The number of benzene rings is 2. The van der Waals surface area contributed by atoms with Gasteiger partial charge in [-0.15, -0.1) is 0 Å². The standard InChI is InChI=1S/C20H16Br2ClNO2S2/c1-2-7-24-19(25)17(28-20(24)27)10-13-8-15(21)18(16(22)9-13)26-11-12-3-5-14(23)6-4-12/h3-6,8-10H,2,7,11H2,1H3/b17-10-. The summed E-state index contributed by atoms with van der Waals surface area (Å²) in [5, 5.41) is 0.694. The minimum atomic E-state index is -0.0350. The fourth-order valence-electron chi connectivity index (χ4n) is 2.60. The molecule has 1 heterocycles. The predicted molar refractivity (Wildman–Crippen MR) is 128 cm³/mol. The number of thiocarbonyl (C=S) groups is 1. The molecule has 0 N–H and O–H groups in total. The normalized spacial score (nSPS) is 15.6. The number of ether oxygens (including phenoxy) is 1. The van der Waals surface area contributed by atoms with Gasteiger partial charge in [0.15, 0.2) is 0 Å². The maximum atomic E-state index is 12.5. The highest BCUT2D eigenvalue weighted by molar-refractivity contribution is 9.11. The van der Waals surface area contributed by atoms with Crippen LogP contribution < -0.4 is 4.74 Å². The van der Waals surface area contributed by atoms with Gasteiger partial charge in [0.2, 0.25) is 0 Å². The van der Waals surface area contributed by atoms with E-state index in [1.165, 1.54) is 11.8 Å². The van der Waals surface area contributed by atoms with Crippen LogP contribution in [0.5, 0.6) is 5.75 Å². The van der Waals surface area contributed by atoms with Crippen LogP contribution in [0.15, 0.2) is 50.2 Å². The van der Waals surface area contributed by atoms with Crippen molar-refractivity contribution in [3.8, 4) is 5.75 Å². The number of thioether (sulfide) groups is 1. The number of halogens is 3. The molecule has 8 heteroatoms. The Hall–Kier alpha value is -0.860. The largest absolute Gasteiger partial charge is 0.487 e. The summed E-state index contributed by atoms with van der Waals surface area (Å²) in [5.41, 5.74) is 1.90. The monoisotopic (exact) mass is 559 g/mol.